The highest BCUT2D eigenvalue weighted by molar-refractivity contribution is 6.02. The van der Waals surface area contributed by atoms with Crippen LogP contribution in [0.3, 0.4) is 0 Å². The maximum Gasteiger partial charge on any atom is 0.454 e. The number of carbonyl (C=O) groups excluding carboxylic acids is 1. The highest BCUT2D eigenvalue weighted by Crippen LogP contribution is 2.24. The van der Waals surface area contributed by atoms with Gasteiger partial charge in [0.25, 0.3) is 5.78 Å². The summed E-state index contributed by atoms with van der Waals surface area (Å²) in [7, 11) is 1.76. The number of hydrogen-bond acceptors (Lipinski definition) is 2. The van der Waals surface area contributed by atoms with Gasteiger partial charge in [-0.3, -0.25) is 4.79 Å². The van der Waals surface area contributed by atoms with Gasteiger partial charge in [-0.25, -0.2) is 4.98 Å². The molecule has 0 atom stereocenters. The zero-order chi connectivity index (χ0) is 12.8. The van der Waals surface area contributed by atoms with Gasteiger partial charge >= 0.3 is 6.18 Å². The normalized spacial score (nSPS) is 12.1. The molecule has 1 heterocycles. The minimum atomic E-state index is -4.85. The molecule has 0 aliphatic rings. The molecule has 0 spiro atoms. The van der Waals surface area contributed by atoms with Crippen molar-refractivity contribution in [3.8, 4) is 0 Å². The van der Waals surface area contributed by atoms with E-state index in [1.54, 1.807) is 18.5 Å². The molecule has 0 aliphatic carbocycles. The number of hydrogen-bond donors (Lipinski definition) is 0. The van der Waals surface area contributed by atoms with Gasteiger partial charge in [-0.15, -0.1) is 0 Å². The van der Waals surface area contributed by atoms with Gasteiger partial charge in [0.05, 0.1) is 11.0 Å². The average Bonchev–Trinajstić information content (AvgIpc) is 2.52. The van der Waals surface area contributed by atoms with Crippen LogP contribution in [0, 0.1) is 6.92 Å². The molecule has 1 aromatic heterocycles. The Morgan fingerprint density at radius 3 is 2.59 bits per heavy atom. The number of halogens is 3. The van der Waals surface area contributed by atoms with Crippen LogP contribution in [-0.2, 0) is 7.05 Å². The number of aromatic nitrogens is 2. The van der Waals surface area contributed by atoms with Gasteiger partial charge in [-0.2, -0.15) is 13.2 Å². The molecule has 0 radical (unpaired) electrons. The summed E-state index contributed by atoms with van der Waals surface area (Å²) in [6.45, 7) is 1.74. The molecule has 0 fully saturated rings. The summed E-state index contributed by atoms with van der Waals surface area (Å²) in [5, 5.41) is 0. The van der Waals surface area contributed by atoms with Crippen LogP contribution >= 0.6 is 0 Å². The van der Waals surface area contributed by atoms with Crippen LogP contribution in [-0.4, -0.2) is 21.5 Å². The Morgan fingerprint density at radius 2 is 2.00 bits per heavy atom. The second-order valence-electron chi connectivity index (χ2n) is 3.75. The first-order valence-electron chi connectivity index (χ1n) is 4.85. The van der Waals surface area contributed by atoms with Gasteiger partial charge in [0, 0.05) is 12.6 Å². The SMILES string of the molecule is Cc1nc2cc(C(=O)C(F)(F)F)ccc2n1C. The summed E-state index contributed by atoms with van der Waals surface area (Å²) in [6, 6.07) is 3.80. The molecular weight excluding hydrogens is 233 g/mol. The fourth-order valence-corrected chi connectivity index (χ4v) is 1.63. The molecule has 0 unspecified atom stereocenters. The Hall–Kier alpha value is -1.85. The molecule has 0 N–H and O–H groups in total. The van der Waals surface area contributed by atoms with E-state index in [2.05, 4.69) is 4.98 Å². The van der Waals surface area contributed by atoms with Crippen LogP contribution in [0.25, 0.3) is 11.0 Å². The van der Waals surface area contributed by atoms with E-state index in [0.717, 1.165) is 6.07 Å². The molecule has 17 heavy (non-hydrogen) atoms. The minimum Gasteiger partial charge on any atom is -0.331 e. The van der Waals surface area contributed by atoms with Crippen LogP contribution in [0.15, 0.2) is 18.2 Å². The predicted molar refractivity (Wildman–Crippen MR) is 55.8 cm³/mol. The van der Waals surface area contributed by atoms with E-state index in [4.69, 9.17) is 0 Å². The molecule has 6 heteroatoms. The van der Waals surface area contributed by atoms with Gasteiger partial charge in [-0.05, 0) is 25.1 Å². The highest BCUT2D eigenvalue weighted by atomic mass is 19.4. The standard InChI is InChI=1S/C11H9F3N2O/c1-6-15-8-5-7(10(17)11(12,13)14)3-4-9(8)16(6)2/h3-5H,1-2H3. The number of Topliss-reactive ketones (excluding diaryl/α,β-unsaturated/α-hetero) is 1. The third-order valence-electron chi connectivity index (χ3n) is 2.62. The van der Waals surface area contributed by atoms with Crippen molar-refractivity contribution >= 4 is 16.8 Å². The highest BCUT2D eigenvalue weighted by Gasteiger charge is 2.39. The summed E-state index contributed by atoms with van der Waals surface area (Å²) in [6.07, 6.45) is -4.85. The number of alkyl halides is 3. The van der Waals surface area contributed by atoms with Crippen molar-refractivity contribution in [2.45, 2.75) is 13.1 Å². The van der Waals surface area contributed by atoms with Crippen molar-refractivity contribution in [1.29, 1.82) is 0 Å². The predicted octanol–water partition coefficient (Wildman–Crippen LogP) is 2.63. The lowest BCUT2D eigenvalue weighted by Crippen LogP contribution is -2.22. The van der Waals surface area contributed by atoms with E-state index >= 15 is 0 Å². The van der Waals surface area contributed by atoms with Crippen molar-refractivity contribution in [3.05, 3.63) is 29.6 Å². The fourth-order valence-electron chi connectivity index (χ4n) is 1.63. The number of ketones is 1. The lowest BCUT2D eigenvalue weighted by molar-refractivity contribution is -0.0885. The lowest BCUT2D eigenvalue weighted by atomic mass is 10.1. The van der Waals surface area contributed by atoms with Crippen molar-refractivity contribution < 1.29 is 18.0 Å². The van der Waals surface area contributed by atoms with Crippen molar-refractivity contribution in [3.63, 3.8) is 0 Å². The van der Waals surface area contributed by atoms with Crippen LogP contribution in [0.4, 0.5) is 13.2 Å². The number of rotatable bonds is 1. The van der Waals surface area contributed by atoms with Crippen molar-refractivity contribution in [2.24, 2.45) is 7.05 Å². The fraction of sp³-hybridized carbons (Fsp3) is 0.273. The first-order valence-corrected chi connectivity index (χ1v) is 4.85. The summed E-state index contributed by atoms with van der Waals surface area (Å²) < 4.78 is 38.5. The number of fused-ring (bicyclic) bond motifs is 1. The molecule has 2 rings (SSSR count). The first-order chi connectivity index (χ1) is 7.80. The van der Waals surface area contributed by atoms with Crippen LogP contribution in [0.2, 0.25) is 0 Å². The van der Waals surface area contributed by atoms with Gasteiger partial charge < -0.3 is 4.57 Å². The number of benzene rings is 1. The zero-order valence-corrected chi connectivity index (χ0v) is 9.17. The average molecular weight is 242 g/mol. The molecular formula is C11H9F3N2O. The van der Waals surface area contributed by atoms with E-state index in [0.29, 0.717) is 16.9 Å². The summed E-state index contributed by atoms with van der Waals surface area (Å²) in [5.74, 6) is -1.17. The van der Waals surface area contributed by atoms with Crippen LogP contribution < -0.4 is 0 Å². The van der Waals surface area contributed by atoms with Crippen molar-refractivity contribution in [2.75, 3.05) is 0 Å². The topological polar surface area (TPSA) is 34.9 Å². The largest absolute Gasteiger partial charge is 0.454 e. The van der Waals surface area contributed by atoms with E-state index in [-0.39, 0.29) is 5.56 Å². The number of carbonyl (C=O) groups is 1. The summed E-state index contributed by atoms with van der Waals surface area (Å²) in [5.41, 5.74) is 0.699. The number of aryl methyl sites for hydroxylation is 2. The first kappa shape index (κ1) is 11.6. The smallest absolute Gasteiger partial charge is 0.331 e. The Balaban J connectivity index is 2.56. The minimum absolute atomic E-state index is 0.386. The summed E-state index contributed by atoms with van der Waals surface area (Å²) >= 11 is 0. The lowest BCUT2D eigenvalue weighted by Gasteiger charge is -2.04. The Labute approximate surface area is 94.9 Å². The van der Waals surface area contributed by atoms with E-state index in [9.17, 15) is 18.0 Å². The van der Waals surface area contributed by atoms with E-state index in [1.807, 2.05) is 0 Å². The maximum atomic E-state index is 12.2. The second kappa shape index (κ2) is 3.58. The molecule has 2 aromatic rings. The molecule has 0 bridgehead atoms. The van der Waals surface area contributed by atoms with E-state index < -0.39 is 12.0 Å². The Bertz CT molecular complexity index is 599. The third-order valence-corrected chi connectivity index (χ3v) is 2.62. The second-order valence-corrected chi connectivity index (χ2v) is 3.75. The molecule has 0 saturated carbocycles. The van der Waals surface area contributed by atoms with Gasteiger partial charge in [0.1, 0.15) is 5.82 Å². The van der Waals surface area contributed by atoms with Crippen LogP contribution in [0.1, 0.15) is 16.2 Å². The van der Waals surface area contributed by atoms with Crippen LogP contribution in [0.5, 0.6) is 0 Å². The Kier molecular flexibility index (Phi) is 2.45. The molecule has 0 amide bonds. The molecule has 3 nitrogen and oxygen atoms in total. The van der Waals surface area contributed by atoms with Crippen molar-refractivity contribution in [1.82, 2.24) is 9.55 Å². The summed E-state index contributed by atoms with van der Waals surface area (Å²) in [4.78, 5) is 15.1. The van der Waals surface area contributed by atoms with Gasteiger partial charge in [0.15, 0.2) is 0 Å². The quantitative estimate of drug-likeness (QED) is 0.720. The van der Waals surface area contributed by atoms with Gasteiger partial charge in [-0.1, -0.05) is 0 Å². The monoisotopic (exact) mass is 242 g/mol. The molecule has 90 valence electrons. The third kappa shape index (κ3) is 1.90. The molecule has 0 aliphatic heterocycles. The maximum absolute atomic E-state index is 12.2. The Morgan fingerprint density at radius 1 is 1.35 bits per heavy atom. The number of nitrogens with zero attached hydrogens (tertiary/aromatic N) is 2. The van der Waals surface area contributed by atoms with E-state index in [1.165, 1.54) is 12.1 Å². The zero-order valence-electron chi connectivity index (χ0n) is 9.17. The number of imidazole rings is 1. The molecule has 0 saturated heterocycles. The van der Waals surface area contributed by atoms with Gasteiger partial charge in [0.2, 0.25) is 0 Å². The molecule has 1 aromatic carbocycles.